The molecule has 0 radical (unpaired) electrons. The van der Waals surface area contributed by atoms with Crippen molar-refractivity contribution in [3.8, 4) is 5.75 Å². The molecule has 0 heterocycles. The molecule has 0 saturated carbocycles. The molecule has 2 aromatic carbocycles. The van der Waals surface area contributed by atoms with Crippen LogP contribution >= 0.6 is 0 Å². The van der Waals surface area contributed by atoms with Crippen molar-refractivity contribution in [3.05, 3.63) is 54.1 Å². The van der Waals surface area contributed by atoms with Crippen molar-refractivity contribution in [2.24, 2.45) is 0 Å². The molecule has 0 aliphatic rings. The molecule has 0 unspecified atom stereocenters. The van der Waals surface area contributed by atoms with Crippen molar-refractivity contribution in [1.29, 1.82) is 0 Å². The lowest BCUT2D eigenvalue weighted by Gasteiger charge is -2.07. The minimum absolute atomic E-state index is 0.105. The summed E-state index contributed by atoms with van der Waals surface area (Å²) in [5, 5.41) is 0. The number of anilines is 1. The van der Waals surface area contributed by atoms with Crippen LogP contribution in [0.15, 0.2) is 53.4 Å². The van der Waals surface area contributed by atoms with E-state index in [-0.39, 0.29) is 10.6 Å². The Balaban J connectivity index is 2.30. The zero-order valence-corrected chi connectivity index (χ0v) is 11.4. The summed E-state index contributed by atoms with van der Waals surface area (Å²) in [6.07, 6.45) is 0. The van der Waals surface area contributed by atoms with Gasteiger partial charge in [0.05, 0.1) is 17.8 Å². The van der Waals surface area contributed by atoms with Gasteiger partial charge in [-0.2, -0.15) is 0 Å². The van der Waals surface area contributed by atoms with Crippen molar-refractivity contribution in [3.63, 3.8) is 0 Å². The Hall–Kier alpha value is -2.01. The molecule has 0 spiro atoms. The van der Waals surface area contributed by atoms with Crippen LogP contribution in [0.4, 0.5) is 5.69 Å². The van der Waals surface area contributed by atoms with E-state index in [9.17, 15) is 8.42 Å². The van der Waals surface area contributed by atoms with Crippen LogP contribution < -0.4 is 10.5 Å². The first kappa shape index (κ1) is 13.4. The maximum atomic E-state index is 12.3. The topological polar surface area (TPSA) is 69.4 Å². The van der Waals surface area contributed by atoms with E-state index in [4.69, 9.17) is 10.5 Å². The van der Waals surface area contributed by atoms with E-state index in [0.717, 1.165) is 0 Å². The number of ether oxygens (including phenoxy) is 1. The molecule has 0 bridgehead atoms. The molecule has 2 rings (SSSR count). The fourth-order valence-electron chi connectivity index (χ4n) is 1.74. The summed E-state index contributed by atoms with van der Waals surface area (Å²) in [4.78, 5) is 0.261. The Labute approximate surface area is 112 Å². The Morgan fingerprint density at radius 2 is 1.68 bits per heavy atom. The molecule has 2 aromatic rings. The number of methoxy groups -OCH3 is 1. The maximum Gasteiger partial charge on any atom is 0.182 e. The van der Waals surface area contributed by atoms with Gasteiger partial charge in [0.25, 0.3) is 0 Å². The highest BCUT2D eigenvalue weighted by Gasteiger charge is 2.16. The quantitative estimate of drug-likeness (QED) is 0.870. The summed E-state index contributed by atoms with van der Waals surface area (Å²) in [6, 6.07) is 13.3. The summed E-state index contributed by atoms with van der Waals surface area (Å²) in [5.41, 5.74) is 6.86. The van der Waals surface area contributed by atoms with E-state index >= 15 is 0 Å². The van der Waals surface area contributed by atoms with Crippen LogP contribution in [0.1, 0.15) is 5.56 Å². The normalized spacial score (nSPS) is 11.2. The Morgan fingerprint density at radius 1 is 1.05 bits per heavy atom. The second-order valence-electron chi connectivity index (χ2n) is 4.13. The van der Waals surface area contributed by atoms with Crippen LogP contribution in [0.25, 0.3) is 0 Å². The predicted molar refractivity (Wildman–Crippen MR) is 74.7 cm³/mol. The molecule has 5 heteroatoms. The first-order valence-corrected chi connectivity index (χ1v) is 7.38. The second kappa shape index (κ2) is 5.32. The molecule has 0 saturated heterocycles. The Bertz CT molecular complexity index is 663. The number of para-hydroxylation sites is 1. The van der Waals surface area contributed by atoms with Gasteiger partial charge in [0, 0.05) is 5.69 Å². The lowest BCUT2D eigenvalue weighted by atomic mass is 10.2. The summed E-state index contributed by atoms with van der Waals surface area (Å²) in [6.45, 7) is 0. The van der Waals surface area contributed by atoms with Gasteiger partial charge in [0.1, 0.15) is 5.75 Å². The smallest absolute Gasteiger partial charge is 0.182 e. The van der Waals surface area contributed by atoms with Crippen molar-refractivity contribution in [2.45, 2.75) is 10.6 Å². The number of hydrogen-bond donors (Lipinski definition) is 1. The predicted octanol–water partition coefficient (Wildman–Crippen LogP) is 2.25. The number of rotatable bonds is 4. The molecule has 4 nitrogen and oxygen atoms in total. The SMILES string of the molecule is COc1ccc(S(=O)(=O)Cc2ccccc2N)cc1. The highest BCUT2D eigenvalue weighted by molar-refractivity contribution is 7.90. The van der Waals surface area contributed by atoms with E-state index in [1.54, 1.807) is 36.4 Å². The van der Waals surface area contributed by atoms with Crippen molar-refractivity contribution in [2.75, 3.05) is 12.8 Å². The van der Waals surface area contributed by atoms with Crippen LogP contribution in [0.2, 0.25) is 0 Å². The lowest BCUT2D eigenvalue weighted by Crippen LogP contribution is -2.06. The molecule has 2 N–H and O–H groups in total. The summed E-state index contributed by atoms with van der Waals surface area (Å²) in [5.74, 6) is 0.518. The number of nitrogen functional groups attached to an aromatic ring is 1. The number of nitrogens with two attached hydrogens (primary N) is 1. The van der Waals surface area contributed by atoms with Gasteiger partial charge in [0.15, 0.2) is 9.84 Å². The first-order valence-electron chi connectivity index (χ1n) is 5.73. The van der Waals surface area contributed by atoms with E-state index in [0.29, 0.717) is 17.0 Å². The highest BCUT2D eigenvalue weighted by atomic mass is 32.2. The van der Waals surface area contributed by atoms with Crippen molar-refractivity contribution in [1.82, 2.24) is 0 Å². The fraction of sp³-hybridized carbons (Fsp3) is 0.143. The van der Waals surface area contributed by atoms with Gasteiger partial charge in [-0.05, 0) is 35.9 Å². The van der Waals surface area contributed by atoms with Crippen LogP contribution in [-0.2, 0) is 15.6 Å². The molecule has 0 aromatic heterocycles. The molecule has 0 fully saturated rings. The third-order valence-electron chi connectivity index (χ3n) is 2.82. The van der Waals surface area contributed by atoms with Crippen LogP contribution in [0.3, 0.4) is 0 Å². The second-order valence-corrected chi connectivity index (χ2v) is 6.12. The van der Waals surface area contributed by atoms with E-state index in [1.807, 2.05) is 0 Å². The zero-order valence-electron chi connectivity index (χ0n) is 10.5. The zero-order chi connectivity index (χ0) is 13.9. The van der Waals surface area contributed by atoms with Crippen LogP contribution in [0, 0.1) is 0 Å². The largest absolute Gasteiger partial charge is 0.497 e. The van der Waals surface area contributed by atoms with Gasteiger partial charge in [0.2, 0.25) is 0 Å². The number of sulfone groups is 1. The van der Waals surface area contributed by atoms with Gasteiger partial charge in [-0.3, -0.25) is 0 Å². The molecular formula is C14H15NO3S. The molecule has 19 heavy (non-hydrogen) atoms. The van der Waals surface area contributed by atoms with Gasteiger partial charge < -0.3 is 10.5 Å². The lowest BCUT2D eigenvalue weighted by molar-refractivity contribution is 0.414. The van der Waals surface area contributed by atoms with E-state index < -0.39 is 9.84 Å². The third kappa shape index (κ3) is 3.06. The molecule has 100 valence electrons. The number of benzene rings is 2. The first-order chi connectivity index (χ1) is 9.03. The van der Waals surface area contributed by atoms with Crippen LogP contribution in [-0.4, -0.2) is 15.5 Å². The van der Waals surface area contributed by atoms with Crippen molar-refractivity contribution < 1.29 is 13.2 Å². The van der Waals surface area contributed by atoms with E-state index in [1.165, 1.54) is 19.2 Å². The van der Waals surface area contributed by atoms with Crippen molar-refractivity contribution >= 4 is 15.5 Å². The summed E-state index contributed by atoms with van der Waals surface area (Å²) >= 11 is 0. The monoisotopic (exact) mass is 277 g/mol. The molecule has 0 amide bonds. The molecule has 0 aliphatic heterocycles. The molecular weight excluding hydrogens is 262 g/mol. The average molecular weight is 277 g/mol. The minimum Gasteiger partial charge on any atom is -0.497 e. The Kier molecular flexibility index (Phi) is 3.76. The average Bonchev–Trinajstić information content (AvgIpc) is 2.41. The van der Waals surface area contributed by atoms with Gasteiger partial charge in [-0.25, -0.2) is 8.42 Å². The summed E-state index contributed by atoms with van der Waals surface area (Å²) < 4.78 is 29.5. The number of hydrogen-bond acceptors (Lipinski definition) is 4. The van der Waals surface area contributed by atoms with Gasteiger partial charge in [-0.15, -0.1) is 0 Å². The fourth-order valence-corrected chi connectivity index (χ4v) is 3.13. The molecule has 0 aliphatic carbocycles. The van der Waals surface area contributed by atoms with Gasteiger partial charge >= 0.3 is 0 Å². The third-order valence-corrected chi connectivity index (χ3v) is 4.50. The summed E-state index contributed by atoms with van der Waals surface area (Å²) in [7, 11) is -1.86. The maximum absolute atomic E-state index is 12.3. The van der Waals surface area contributed by atoms with E-state index in [2.05, 4.69) is 0 Å². The standard InChI is InChI=1S/C14H15NO3S/c1-18-12-6-8-13(9-7-12)19(16,17)10-11-4-2-3-5-14(11)15/h2-9H,10,15H2,1H3. The highest BCUT2D eigenvalue weighted by Crippen LogP contribution is 2.22. The Morgan fingerprint density at radius 3 is 2.26 bits per heavy atom. The molecule has 0 atom stereocenters. The van der Waals surface area contributed by atoms with Crippen LogP contribution in [0.5, 0.6) is 5.75 Å². The van der Waals surface area contributed by atoms with Gasteiger partial charge in [-0.1, -0.05) is 18.2 Å². The minimum atomic E-state index is -3.40.